The molecule has 0 aromatic carbocycles. The number of rotatable bonds is 3. The summed E-state index contributed by atoms with van der Waals surface area (Å²) < 4.78 is 0. The van der Waals surface area contributed by atoms with Gasteiger partial charge in [0.1, 0.15) is 0 Å². The Bertz CT molecular complexity index is 95.7. The second-order valence-corrected chi connectivity index (χ2v) is 11.7. The van der Waals surface area contributed by atoms with Gasteiger partial charge >= 0.3 is 0 Å². The van der Waals surface area contributed by atoms with Crippen molar-refractivity contribution in [3.05, 3.63) is 12.3 Å². The Kier molecular flexibility index (Phi) is 3.39. The van der Waals surface area contributed by atoms with E-state index in [0.29, 0.717) is 5.29 Å². The average Bonchev–Trinajstić information content (AvgIpc) is 1.64. The van der Waals surface area contributed by atoms with Gasteiger partial charge in [0.15, 0.2) is 0 Å². The van der Waals surface area contributed by atoms with Crippen molar-refractivity contribution < 1.29 is 0 Å². The standard InChI is InChI=1S/C6H17NSi2/c1-5-8-6(7)9(2,3)4/h5-6H,1,7-8H2,2-4H3. The summed E-state index contributed by atoms with van der Waals surface area (Å²) >= 11 is 0. The van der Waals surface area contributed by atoms with Crippen LogP contribution >= 0.6 is 0 Å². The van der Waals surface area contributed by atoms with Gasteiger partial charge in [-0.05, 0) is 5.29 Å². The van der Waals surface area contributed by atoms with E-state index in [2.05, 4.69) is 26.2 Å². The monoisotopic (exact) mass is 159 g/mol. The van der Waals surface area contributed by atoms with Gasteiger partial charge in [0.2, 0.25) is 0 Å². The van der Waals surface area contributed by atoms with E-state index in [-0.39, 0.29) is 9.52 Å². The van der Waals surface area contributed by atoms with Crippen LogP contribution in [0.1, 0.15) is 0 Å². The lowest BCUT2D eigenvalue weighted by molar-refractivity contribution is 1.18. The first-order valence-electron chi connectivity index (χ1n) is 3.35. The van der Waals surface area contributed by atoms with Crippen molar-refractivity contribution in [1.29, 1.82) is 0 Å². The molecule has 0 aliphatic heterocycles. The minimum Gasteiger partial charge on any atom is -0.333 e. The van der Waals surface area contributed by atoms with Gasteiger partial charge in [-0.1, -0.05) is 19.6 Å². The zero-order valence-electron chi connectivity index (χ0n) is 6.65. The molecule has 0 saturated carbocycles. The van der Waals surface area contributed by atoms with Gasteiger partial charge < -0.3 is 5.73 Å². The van der Waals surface area contributed by atoms with Crippen molar-refractivity contribution >= 4 is 17.6 Å². The third-order valence-electron chi connectivity index (χ3n) is 1.53. The molecule has 54 valence electrons. The van der Waals surface area contributed by atoms with Crippen molar-refractivity contribution in [2.24, 2.45) is 5.73 Å². The predicted molar refractivity (Wildman–Crippen MR) is 50.1 cm³/mol. The van der Waals surface area contributed by atoms with E-state index in [0.717, 1.165) is 0 Å². The van der Waals surface area contributed by atoms with E-state index in [1.807, 2.05) is 5.70 Å². The van der Waals surface area contributed by atoms with Gasteiger partial charge in [-0.25, -0.2) is 0 Å². The summed E-state index contributed by atoms with van der Waals surface area (Å²) in [6, 6.07) is 0. The minimum absolute atomic E-state index is 0.155. The van der Waals surface area contributed by atoms with Gasteiger partial charge in [-0.15, -0.1) is 12.3 Å². The zero-order valence-corrected chi connectivity index (χ0v) is 9.06. The lowest BCUT2D eigenvalue weighted by atomic mass is 11.3. The summed E-state index contributed by atoms with van der Waals surface area (Å²) in [5.41, 5.74) is 7.96. The van der Waals surface area contributed by atoms with Crippen LogP contribution in [0, 0.1) is 0 Å². The molecule has 1 unspecified atom stereocenters. The highest BCUT2D eigenvalue weighted by Crippen LogP contribution is 2.03. The van der Waals surface area contributed by atoms with Gasteiger partial charge in [-0.3, -0.25) is 0 Å². The summed E-state index contributed by atoms with van der Waals surface area (Å²) in [6.07, 6.45) is 0. The molecule has 1 atom stereocenters. The molecule has 0 rings (SSSR count). The van der Waals surface area contributed by atoms with Crippen molar-refractivity contribution in [3.8, 4) is 0 Å². The number of hydrogen-bond donors (Lipinski definition) is 1. The maximum absolute atomic E-state index is 5.91. The summed E-state index contributed by atoms with van der Waals surface area (Å²) in [6.45, 7) is 10.7. The van der Waals surface area contributed by atoms with Crippen molar-refractivity contribution in [2.45, 2.75) is 24.9 Å². The third-order valence-corrected chi connectivity index (χ3v) is 8.98. The molecule has 0 aromatic heterocycles. The highest BCUT2D eigenvalue weighted by Gasteiger charge is 2.21. The quantitative estimate of drug-likeness (QED) is 0.595. The Labute approximate surface area is 61.2 Å². The normalized spacial score (nSPS) is 16.4. The second kappa shape index (κ2) is 3.34. The summed E-state index contributed by atoms with van der Waals surface area (Å²) in [7, 11) is -1.17. The maximum atomic E-state index is 5.91. The first kappa shape index (κ1) is 9.13. The van der Waals surface area contributed by atoms with E-state index in [4.69, 9.17) is 5.73 Å². The Morgan fingerprint density at radius 3 is 2.11 bits per heavy atom. The summed E-state index contributed by atoms with van der Waals surface area (Å²) in [5, 5.41) is 0.523. The van der Waals surface area contributed by atoms with Crippen LogP contribution in [0.3, 0.4) is 0 Å². The highest BCUT2D eigenvalue weighted by atomic mass is 28.4. The molecule has 0 aliphatic rings. The predicted octanol–water partition coefficient (Wildman–Crippen LogP) is 0.461. The fraction of sp³-hybridized carbons (Fsp3) is 0.667. The zero-order chi connectivity index (χ0) is 7.49. The van der Waals surface area contributed by atoms with Crippen LogP contribution in [0.25, 0.3) is 0 Å². The molecule has 0 spiro atoms. The second-order valence-electron chi connectivity index (χ2n) is 3.50. The van der Waals surface area contributed by atoms with Gasteiger partial charge in [0, 0.05) is 0 Å². The molecule has 1 nitrogen and oxygen atoms in total. The smallest absolute Gasteiger partial charge is 0.0601 e. The lowest BCUT2D eigenvalue weighted by Crippen LogP contribution is -2.48. The molecule has 0 aliphatic carbocycles. The molecule has 0 amide bonds. The number of hydrogen-bond acceptors (Lipinski definition) is 1. The van der Waals surface area contributed by atoms with Crippen LogP contribution < -0.4 is 5.73 Å². The van der Waals surface area contributed by atoms with Crippen LogP contribution in [0.15, 0.2) is 12.3 Å². The van der Waals surface area contributed by atoms with E-state index < -0.39 is 8.07 Å². The van der Waals surface area contributed by atoms with Gasteiger partial charge in [0.05, 0.1) is 17.6 Å². The minimum atomic E-state index is -1.01. The number of nitrogens with two attached hydrogens (primary N) is 1. The SMILES string of the molecule is C=C[SiH2]C(N)[Si](C)(C)C. The topological polar surface area (TPSA) is 26.0 Å². The lowest BCUT2D eigenvalue weighted by Gasteiger charge is -2.22. The molecule has 2 N–H and O–H groups in total. The van der Waals surface area contributed by atoms with Crippen LogP contribution in [0.4, 0.5) is 0 Å². The first-order chi connectivity index (χ1) is 3.98. The molecule has 0 heterocycles. The molecule has 3 heteroatoms. The third kappa shape index (κ3) is 3.67. The van der Waals surface area contributed by atoms with Crippen LogP contribution in [-0.2, 0) is 0 Å². The summed E-state index contributed by atoms with van der Waals surface area (Å²) in [5.74, 6) is 0. The van der Waals surface area contributed by atoms with E-state index in [1.54, 1.807) is 0 Å². The van der Waals surface area contributed by atoms with Crippen LogP contribution in [0.5, 0.6) is 0 Å². The van der Waals surface area contributed by atoms with Crippen LogP contribution in [0.2, 0.25) is 19.6 Å². The van der Waals surface area contributed by atoms with Gasteiger partial charge in [0.25, 0.3) is 0 Å². The largest absolute Gasteiger partial charge is 0.333 e. The first-order valence-corrected chi connectivity index (χ1v) is 8.56. The Balaban J connectivity index is 3.72. The van der Waals surface area contributed by atoms with Crippen molar-refractivity contribution in [2.75, 3.05) is 0 Å². The van der Waals surface area contributed by atoms with E-state index in [1.165, 1.54) is 0 Å². The van der Waals surface area contributed by atoms with Crippen molar-refractivity contribution in [1.82, 2.24) is 0 Å². The Hall–Kier alpha value is 0.134. The van der Waals surface area contributed by atoms with Gasteiger partial charge in [-0.2, -0.15) is 0 Å². The fourth-order valence-corrected chi connectivity index (χ4v) is 4.22. The molecule has 0 fully saturated rings. The molecular formula is C6H17NSi2. The fourth-order valence-electron chi connectivity index (χ4n) is 0.533. The molecule has 0 radical (unpaired) electrons. The van der Waals surface area contributed by atoms with Crippen LogP contribution in [-0.4, -0.2) is 22.9 Å². The molecule has 0 bridgehead atoms. The molecular weight excluding hydrogens is 142 g/mol. The van der Waals surface area contributed by atoms with Crippen molar-refractivity contribution in [3.63, 3.8) is 0 Å². The molecule has 9 heavy (non-hydrogen) atoms. The summed E-state index contributed by atoms with van der Waals surface area (Å²) in [4.78, 5) is 0. The van der Waals surface area contributed by atoms with E-state index >= 15 is 0 Å². The Morgan fingerprint density at radius 1 is 1.56 bits per heavy atom. The maximum Gasteiger partial charge on any atom is 0.0601 e. The average molecular weight is 159 g/mol. The molecule has 0 aromatic rings. The van der Waals surface area contributed by atoms with E-state index in [9.17, 15) is 0 Å². The Morgan fingerprint density at radius 2 is 2.00 bits per heavy atom. The highest BCUT2D eigenvalue weighted by molar-refractivity contribution is 6.86. The molecule has 0 saturated heterocycles.